The lowest BCUT2D eigenvalue weighted by atomic mass is 9.94. The van der Waals surface area contributed by atoms with Crippen molar-refractivity contribution in [1.29, 1.82) is 0 Å². The van der Waals surface area contributed by atoms with Crippen molar-refractivity contribution in [3.63, 3.8) is 0 Å². The third-order valence-corrected chi connectivity index (χ3v) is 2.18. The Bertz CT molecular complexity index is 374. The van der Waals surface area contributed by atoms with Gasteiger partial charge in [0.25, 0.3) is 0 Å². The Kier molecular flexibility index (Phi) is 2.69. The van der Waals surface area contributed by atoms with Crippen LogP contribution >= 0.6 is 11.6 Å². The Morgan fingerprint density at radius 2 is 1.93 bits per heavy atom. The number of aromatic hydroxyl groups is 1. The monoisotopic (exact) mass is 221 g/mol. The lowest BCUT2D eigenvalue weighted by molar-refractivity contribution is 0.423. The van der Waals surface area contributed by atoms with E-state index < -0.39 is 27.9 Å². The minimum atomic E-state index is -1.27. The van der Waals surface area contributed by atoms with Gasteiger partial charge in [0.1, 0.15) is 10.8 Å². The molecule has 0 unspecified atom stereocenters. The predicted octanol–water partition coefficient (Wildman–Crippen LogP) is 2.52. The van der Waals surface area contributed by atoms with Gasteiger partial charge in [0.2, 0.25) is 0 Å². The second-order valence-electron chi connectivity index (χ2n) is 3.60. The van der Waals surface area contributed by atoms with Crippen LogP contribution in [0.2, 0.25) is 5.02 Å². The van der Waals surface area contributed by atoms with Gasteiger partial charge in [-0.15, -0.1) is 0 Å². The molecule has 1 rings (SSSR count). The van der Waals surface area contributed by atoms with E-state index in [9.17, 15) is 13.9 Å². The van der Waals surface area contributed by atoms with Crippen molar-refractivity contribution in [2.75, 3.05) is 0 Å². The second-order valence-corrected chi connectivity index (χ2v) is 3.98. The molecule has 0 atom stereocenters. The summed E-state index contributed by atoms with van der Waals surface area (Å²) in [4.78, 5) is 0. The highest BCUT2D eigenvalue weighted by Crippen LogP contribution is 2.36. The zero-order valence-electron chi connectivity index (χ0n) is 7.74. The molecule has 0 amide bonds. The summed E-state index contributed by atoms with van der Waals surface area (Å²) in [5.41, 5.74) is 4.72. The van der Waals surface area contributed by atoms with Gasteiger partial charge in [0.05, 0.1) is 0 Å². The summed E-state index contributed by atoms with van der Waals surface area (Å²) in [6, 6.07) is 0.844. The van der Waals surface area contributed by atoms with Crippen LogP contribution in [0.5, 0.6) is 5.75 Å². The van der Waals surface area contributed by atoms with Crippen LogP contribution < -0.4 is 5.73 Å². The summed E-state index contributed by atoms with van der Waals surface area (Å²) in [7, 11) is 0. The first-order valence-electron chi connectivity index (χ1n) is 3.91. The molecule has 0 aromatic heterocycles. The molecule has 78 valence electrons. The molecule has 0 radical (unpaired) electrons. The summed E-state index contributed by atoms with van der Waals surface area (Å²) in [5, 5.41) is 8.78. The zero-order valence-corrected chi connectivity index (χ0v) is 8.49. The minimum absolute atomic E-state index is 0.0707. The first kappa shape index (κ1) is 11.2. The van der Waals surface area contributed by atoms with Crippen molar-refractivity contribution < 1.29 is 13.9 Å². The van der Waals surface area contributed by atoms with Crippen LogP contribution in [0.1, 0.15) is 19.4 Å². The maximum Gasteiger partial charge on any atom is 0.181 e. The number of hydrogen-bond acceptors (Lipinski definition) is 2. The molecule has 1 aromatic carbocycles. The highest BCUT2D eigenvalue weighted by atomic mass is 35.5. The fourth-order valence-corrected chi connectivity index (χ4v) is 1.27. The van der Waals surface area contributed by atoms with E-state index >= 15 is 0 Å². The van der Waals surface area contributed by atoms with Crippen molar-refractivity contribution in [2.45, 2.75) is 19.4 Å². The standard InChI is InChI=1S/C9H10ClF2NO/c1-9(2,13)4-3-5(11)7(12)6(10)8(4)14/h3,14H,13H2,1-2H3. The molecule has 0 bridgehead atoms. The molecule has 0 heterocycles. The third-order valence-electron chi connectivity index (χ3n) is 1.83. The molecule has 0 saturated carbocycles. The van der Waals surface area contributed by atoms with Crippen molar-refractivity contribution in [2.24, 2.45) is 5.73 Å². The number of nitrogens with two attached hydrogens (primary N) is 1. The summed E-state index contributed by atoms with van der Waals surface area (Å²) in [5.74, 6) is -2.91. The van der Waals surface area contributed by atoms with E-state index in [1.54, 1.807) is 13.8 Å². The van der Waals surface area contributed by atoms with Crippen molar-refractivity contribution >= 4 is 11.6 Å². The molecule has 1 aromatic rings. The van der Waals surface area contributed by atoms with E-state index in [-0.39, 0.29) is 5.56 Å². The van der Waals surface area contributed by atoms with Crippen LogP contribution in [0.25, 0.3) is 0 Å². The largest absolute Gasteiger partial charge is 0.506 e. The molecule has 0 aliphatic heterocycles. The van der Waals surface area contributed by atoms with Crippen LogP contribution in [0.4, 0.5) is 8.78 Å². The lowest BCUT2D eigenvalue weighted by Crippen LogP contribution is -2.29. The number of halogens is 3. The molecule has 0 saturated heterocycles. The Morgan fingerprint density at radius 1 is 1.43 bits per heavy atom. The summed E-state index contributed by atoms with van der Waals surface area (Å²) < 4.78 is 25.8. The molecular formula is C9H10ClF2NO. The maximum absolute atomic E-state index is 12.9. The average molecular weight is 222 g/mol. The van der Waals surface area contributed by atoms with Gasteiger partial charge in [0, 0.05) is 11.1 Å². The summed E-state index contributed by atoms with van der Waals surface area (Å²) >= 11 is 5.37. The Morgan fingerprint density at radius 3 is 2.36 bits per heavy atom. The summed E-state index contributed by atoms with van der Waals surface area (Å²) in [6.45, 7) is 3.10. The van der Waals surface area contributed by atoms with Gasteiger partial charge in [-0.2, -0.15) is 0 Å². The van der Waals surface area contributed by atoms with Crippen LogP contribution in [0.15, 0.2) is 6.07 Å². The highest BCUT2D eigenvalue weighted by Gasteiger charge is 2.24. The topological polar surface area (TPSA) is 46.2 Å². The van der Waals surface area contributed by atoms with Crippen molar-refractivity contribution in [1.82, 2.24) is 0 Å². The molecule has 2 nitrogen and oxygen atoms in total. The molecule has 3 N–H and O–H groups in total. The molecule has 0 aliphatic rings. The van der Waals surface area contributed by atoms with Crippen LogP contribution in [0, 0.1) is 11.6 Å². The van der Waals surface area contributed by atoms with Gasteiger partial charge in [-0.3, -0.25) is 0 Å². The van der Waals surface area contributed by atoms with Gasteiger partial charge in [-0.25, -0.2) is 8.78 Å². The lowest BCUT2D eigenvalue weighted by Gasteiger charge is -2.21. The van der Waals surface area contributed by atoms with E-state index in [0.717, 1.165) is 6.07 Å². The number of benzene rings is 1. The van der Waals surface area contributed by atoms with Gasteiger partial charge < -0.3 is 10.8 Å². The quantitative estimate of drug-likeness (QED) is 0.716. The smallest absolute Gasteiger partial charge is 0.181 e. The Labute approximate surface area is 85.3 Å². The molecule has 5 heteroatoms. The zero-order chi connectivity index (χ0) is 11.1. The van der Waals surface area contributed by atoms with Crippen molar-refractivity contribution in [3.05, 3.63) is 28.3 Å². The molecular weight excluding hydrogens is 212 g/mol. The van der Waals surface area contributed by atoms with Gasteiger partial charge in [-0.1, -0.05) is 11.6 Å². The molecule has 0 aliphatic carbocycles. The summed E-state index contributed by atoms with van der Waals surface area (Å²) in [6.07, 6.45) is 0. The van der Waals surface area contributed by atoms with Gasteiger partial charge in [0.15, 0.2) is 11.6 Å². The van der Waals surface area contributed by atoms with Crippen LogP contribution in [0.3, 0.4) is 0 Å². The fourth-order valence-electron chi connectivity index (χ4n) is 1.08. The minimum Gasteiger partial charge on any atom is -0.506 e. The Hall–Kier alpha value is -0.870. The first-order valence-corrected chi connectivity index (χ1v) is 4.28. The molecule has 14 heavy (non-hydrogen) atoms. The normalized spacial score (nSPS) is 11.9. The van der Waals surface area contributed by atoms with E-state index in [1.807, 2.05) is 0 Å². The number of phenols is 1. The predicted molar refractivity (Wildman–Crippen MR) is 50.2 cm³/mol. The third kappa shape index (κ3) is 1.81. The van der Waals surface area contributed by atoms with Crippen LogP contribution in [-0.2, 0) is 5.54 Å². The molecule has 0 fully saturated rings. The van der Waals surface area contributed by atoms with E-state index in [4.69, 9.17) is 17.3 Å². The number of hydrogen-bond donors (Lipinski definition) is 2. The van der Waals surface area contributed by atoms with E-state index in [2.05, 4.69) is 0 Å². The second kappa shape index (κ2) is 3.37. The van der Waals surface area contributed by atoms with Gasteiger partial charge >= 0.3 is 0 Å². The average Bonchev–Trinajstić information content (AvgIpc) is 2.06. The van der Waals surface area contributed by atoms with Crippen molar-refractivity contribution in [3.8, 4) is 5.75 Å². The number of phenolic OH excluding ortho intramolecular Hbond substituents is 1. The SMILES string of the molecule is CC(C)(N)c1cc(F)c(F)c(Cl)c1O. The fraction of sp³-hybridized carbons (Fsp3) is 0.333. The molecule has 0 spiro atoms. The van der Waals surface area contributed by atoms with Gasteiger partial charge in [-0.05, 0) is 19.9 Å². The van der Waals surface area contributed by atoms with E-state index in [1.165, 1.54) is 0 Å². The number of rotatable bonds is 1. The highest BCUT2D eigenvalue weighted by molar-refractivity contribution is 6.32. The van der Waals surface area contributed by atoms with Crippen LogP contribution in [-0.4, -0.2) is 5.11 Å². The Balaban J connectivity index is 3.49. The maximum atomic E-state index is 12.9. The van der Waals surface area contributed by atoms with E-state index in [0.29, 0.717) is 0 Å². The first-order chi connectivity index (χ1) is 6.25.